The molecule has 5 aliphatic rings. The van der Waals surface area contributed by atoms with E-state index in [-0.39, 0.29) is 25.3 Å². The summed E-state index contributed by atoms with van der Waals surface area (Å²) in [5, 5.41) is 12.5. The Balaban J connectivity index is 1.39. The van der Waals surface area contributed by atoms with Crippen LogP contribution in [0.25, 0.3) is 0 Å². The van der Waals surface area contributed by atoms with Gasteiger partial charge in [0.2, 0.25) is 21.8 Å². The molecule has 0 aromatic rings. The molecular formula is C23H35N5O6S. The third kappa shape index (κ3) is 5.11. The number of aliphatic hydroxyl groups is 1. The van der Waals surface area contributed by atoms with E-state index in [1.165, 1.54) is 4.90 Å². The molecule has 0 spiro atoms. The van der Waals surface area contributed by atoms with E-state index in [4.69, 9.17) is 5.73 Å². The number of carbonyl (C=O) groups is 3. The first-order valence-corrected chi connectivity index (χ1v) is 14.2. The number of hydrogen-bond donors (Lipinski definition) is 4. The first-order valence-electron chi connectivity index (χ1n) is 12.6. The normalized spacial score (nSPS) is 37.9. The summed E-state index contributed by atoms with van der Waals surface area (Å²) in [6, 6.07) is -1.38. The maximum atomic E-state index is 13.4. The third-order valence-corrected chi connectivity index (χ3v) is 9.64. The maximum absolute atomic E-state index is 13.4. The van der Waals surface area contributed by atoms with Crippen molar-refractivity contribution in [2.24, 2.45) is 11.7 Å². The number of carbonyl (C=O) groups excluding carboxylic acids is 3. The molecule has 5 rings (SSSR count). The summed E-state index contributed by atoms with van der Waals surface area (Å²) in [7, 11) is -3.78. The average molecular weight is 510 g/mol. The van der Waals surface area contributed by atoms with Crippen molar-refractivity contribution in [2.45, 2.75) is 86.4 Å². The molecular weight excluding hydrogens is 474 g/mol. The van der Waals surface area contributed by atoms with Gasteiger partial charge in [-0.3, -0.25) is 24.0 Å². The van der Waals surface area contributed by atoms with E-state index in [2.05, 4.69) is 14.9 Å². The number of fused-ring (bicyclic) bond motifs is 2. The van der Waals surface area contributed by atoms with Crippen LogP contribution < -0.4 is 15.8 Å². The number of nitrogens with one attached hydrogen (secondary N) is 2. The van der Waals surface area contributed by atoms with Crippen LogP contribution in [-0.4, -0.2) is 95.7 Å². The molecule has 1 saturated heterocycles. The molecule has 11 nitrogen and oxygen atoms in total. The Bertz CT molecular complexity index is 1030. The highest BCUT2D eigenvalue weighted by molar-refractivity contribution is 7.91. The zero-order valence-corrected chi connectivity index (χ0v) is 20.6. The molecule has 0 aromatic heterocycles. The van der Waals surface area contributed by atoms with Crippen LogP contribution in [0.3, 0.4) is 0 Å². The molecule has 0 radical (unpaired) electrons. The van der Waals surface area contributed by atoms with Crippen molar-refractivity contribution in [3.8, 4) is 0 Å². The predicted molar refractivity (Wildman–Crippen MR) is 126 cm³/mol. The van der Waals surface area contributed by atoms with Crippen LogP contribution in [-0.2, 0) is 24.4 Å². The predicted octanol–water partition coefficient (Wildman–Crippen LogP) is -1.43. The van der Waals surface area contributed by atoms with E-state index in [0.717, 1.165) is 32.2 Å². The minimum absolute atomic E-state index is 0.00731. The number of hydrogen-bond acceptors (Lipinski definition) is 8. The van der Waals surface area contributed by atoms with Gasteiger partial charge in [0.05, 0.1) is 17.4 Å². The first kappa shape index (κ1) is 24.7. The Morgan fingerprint density at radius 1 is 1.20 bits per heavy atom. The largest absolute Gasteiger partial charge is 0.391 e. The molecule has 0 bridgehead atoms. The number of allylic oxidation sites excluding steroid dienone is 1. The lowest BCUT2D eigenvalue weighted by molar-refractivity contribution is -0.141. The smallest absolute Gasteiger partial charge is 0.259 e. The maximum Gasteiger partial charge on any atom is 0.259 e. The zero-order valence-electron chi connectivity index (χ0n) is 19.8. The van der Waals surface area contributed by atoms with Gasteiger partial charge >= 0.3 is 0 Å². The Kier molecular flexibility index (Phi) is 6.43. The Hall–Kier alpha value is -2.02. The van der Waals surface area contributed by atoms with Crippen LogP contribution in [0.4, 0.5) is 0 Å². The highest BCUT2D eigenvalue weighted by Crippen LogP contribution is 2.46. The number of nitrogens with zero attached hydrogens (tertiary/aromatic N) is 2. The molecule has 5 N–H and O–H groups in total. The van der Waals surface area contributed by atoms with Gasteiger partial charge in [0, 0.05) is 31.5 Å². The fourth-order valence-corrected chi connectivity index (χ4v) is 6.72. The quantitative estimate of drug-likeness (QED) is 0.336. The topological polar surface area (TPSA) is 162 Å². The van der Waals surface area contributed by atoms with E-state index in [9.17, 15) is 27.9 Å². The second-order valence-corrected chi connectivity index (χ2v) is 12.7. The van der Waals surface area contributed by atoms with Gasteiger partial charge in [-0.2, -0.15) is 0 Å². The number of nitrogens with two attached hydrogens (primary N) is 1. The molecule has 12 heteroatoms. The van der Waals surface area contributed by atoms with Crippen molar-refractivity contribution in [1.82, 2.24) is 19.8 Å². The summed E-state index contributed by atoms with van der Waals surface area (Å²) in [5.41, 5.74) is 4.90. The van der Waals surface area contributed by atoms with Crippen molar-refractivity contribution >= 4 is 27.7 Å². The molecule has 3 amide bonds. The van der Waals surface area contributed by atoms with E-state index >= 15 is 0 Å². The van der Waals surface area contributed by atoms with Crippen molar-refractivity contribution in [3.63, 3.8) is 0 Å². The Morgan fingerprint density at radius 3 is 2.63 bits per heavy atom. The molecule has 3 saturated carbocycles. The molecule has 5 atom stereocenters. The van der Waals surface area contributed by atoms with Crippen LogP contribution in [0, 0.1) is 5.92 Å². The van der Waals surface area contributed by atoms with Gasteiger partial charge in [0.1, 0.15) is 11.6 Å². The van der Waals surface area contributed by atoms with Gasteiger partial charge in [-0.1, -0.05) is 12.2 Å². The minimum atomic E-state index is -3.78. The van der Waals surface area contributed by atoms with Gasteiger partial charge in [-0.25, -0.2) is 8.42 Å². The lowest BCUT2D eigenvalue weighted by atomic mass is 10.1. The van der Waals surface area contributed by atoms with Crippen LogP contribution in [0.5, 0.6) is 0 Å². The zero-order chi connectivity index (χ0) is 25.0. The van der Waals surface area contributed by atoms with Gasteiger partial charge in [-0.15, -0.1) is 0 Å². The van der Waals surface area contributed by atoms with E-state index in [1.54, 1.807) is 0 Å². The van der Waals surface area contributed by atoms with Crippen LogP contribution in [0.15, 0.2) is 12.2 Å². The second-order valence-electron chi connectivity index (χ2n) is 10.7. The SMILES string of the molecule is N[C@H]1CN(C2CC2)CCC/C=C\C2C[C@@]2(C(=O)NS(=O)(=O)C2CC2)NC(=O)[C@@H]2C[C@@H](O)CN2C1=O. The number of aliphatic hydroxyl groups excluding tert-OH is 1. The van der Waals surface area contributed by atoms with Crippen LogP contribution in [0.1, 0.15) is 51.4 Å². The summed E-state index contributed by atoms with van der Waals surface area (Å²) >= 11 is 0. The van der Waals surface area contributed by atoms with Crippen molar-refractivity contribution in [2.75, 3.05) is 19.6 Å². The monoisotopic (exact) mass is 509 g/mol. The molecule has 35 heavy (non-hydrogen) atoms. The fraction of sp³-hybridized carbons (Fsp3) is 0.783. The van der Waals surface area contributed by atoms with Crippen molar-refractivity contribution < 1.29 is 27.9 Å². The molecule has 2 aliphatic heterocycles. The second kappa shape index (κ2) is 9.13. The molecule has 3 aliphatic carbocycles. The van der Waals surface area contributed by atoms with Crippen LogP contribution in [0.2, 0.25) is 0 Å². The van der Waals surface area contributed by atoms with Gasteiger partial charge in [0.15, 0.2) is 0 Å². The van der Waals surface area contributed by atoms with Crippen LogP contribution >= 0.6 is 0 Å². The number of amides is 3. The molecule has 2 heterocycles. The summed E-state index contributed by atoms with van der Waals surface area (Å²) in [6.07, 6.45) is 8.08. The third-order valence-electron chi connectivity index (χ3n) is 7.83. The molecule has 194 valence electrons. The van der Waals surface area contributed by atoms with Gasteiger partial charge in [-0.05, 0) is 51.5 Å². The summed E-state index contributed by atoms with van der Waals surface area (Å²) in [4.78, 5) is 43.3. The highest BCUT2D eigenvalue weighted by atomic mass is 32.2. The van der Waals surface area contributed by atoms with E-state index in [0.29, 0.717) is 25.4 Å². The number of rotatable bonds is 4. The minimum Gasteiger partial charge on any atom is -0.391 e. The van der Waals surface area contributed by atoms with Crippen molar-refractivity contribution in [3.05, 3.63) is 12.2 Å². The van der Waals surface area contributed by atoms with Crippen molar-refractivity contribution in [1.29, 1.82) is 0 Å². The Labute approximate surface area is 205 Å². The average Bonchev–Trinajstić information content (AvgIpc) is 3.65. The van der Waals surface area contributed by atoms with E-state index in [1.807, 2.05) is 12.2 Å². The number of sulfonamides is 1. The molecule has 0 aromatic carbocycles. The molecule has 1 unspecified atom stereocenters. The summed E-state index contributed by atoms with van der Waals surface area (Å²) < 4.78 is 27.0. The fourth-order valence-electron chi connectivity index (χ4n) is 5.35. The lowest BCUT2D eigenvalue weighted by Gasteiger charge is -2.30. The summed E-state index contributed by atoms with van der Waals surface area (Å²) in [6.45, 7) is 1.17. The van der Waals surface area contributed by atoms with Gasteiger partial charge < -0.3 is 21.1 Å². The van der Waals surface area contributed by atoms with Gasteiger partial charge in [0.25, 0.3) is 5.91 Å². The lowest BCUT2D eigenvalue weighted by Crippen LogP contribution is -2.58. The standard InChI is InChI=1S/C23H35N5O6S/c24-18-13-27(15-5-6-15)9-3-1-2-4-14-11-23(14,22(32)26-35(33,34)17-7-8-17)25-20(30)19-10-16(29)12-28(19)21(18)31/h2,4,14-19,29H,1,3,5-13,24H2,(H,25,30)(H,26,32)/b4-2-/t14?,16-,18+,19+,23-/m1/s1. The Morgan fingerprint density at radius 2 is 1.94 bits per heavy atom. The van der Waals surface area contributed by atoms with E-state index < -0.39 is 56.7 Å². The summed E-state index contributed by atoms with van der Waals surface area (Å²) in [5.74, 6) is -2.07. The first-order chi connectivity index (χ1) is 16.6. The highest BCUT2D eigenvalue weighted by Gasteiger charge is 2.62. The molecule has 4 fully saturated rings.